The van der Waals surface area contributed by atoms with Crippen LogP contribution in [0.2, 0.25) is 0 Å². The van der Waals surface area contributed by atoms with Crippen LogP contribution in [0.15, 0.2) is 54.6 Å². The monoisotopic (exact) mass is 402 g/mol. The van der Waals surface area contributed by atoms with E-state index >= 15 is 0 Å². The average molecular weight is 403 g/mol. The molecule has 2 aromatic carbocycles. The Morgan fingerprint density at radius 1 is 0.933 bits per heavy atom. The minimum Gasteiger partial charge on any atom is -0.353 e. The highest BCUT2D eigenvalue weighted by molar-refractivity contribution is 6.02. The molecular formula is C26H30N2O2. The van der Waals surface area contributed by atoms with Gasteiger partial charge in [0.15, 0.2) is 0 Å². The summed E-state index contributed by atoms with van der Waals surface area (Å²) in [6.45, 7) is 0.557. The maximum Gasteiger partial charge on any atom is 0.254 e. The Morgan fingerprint density at radius 2 is 1.60 bits per heavy atom. The van der Waals surface area contributed by atoms with Crippen LogP contribution in [-0.2, 0) is 11.3 Å². The van der Waals surface area contributed by atoms with E-state index in [-0.39, 0.29) is 23.8 Å². The molecule has 5 rings (SSSR count). The fourth-order valence-corrected chi connectivity index (χ4v) is 6.02. The molecule has 30 heavy (non-hydrogen) atoms. The third-order valence-corrected chi connectivity index (χ3v) is 7.44. The van der Waals surface area contributed by atoms with Gasteiger partial charge in [-0.15, -0.1) is 0 Å². The van der Waals surface area contributed by atoms with Crippen molar-refractivity contribution < 1.29 is 9.59 Å². The molecule has 1 atom stereocenters. The number of nitrogens with one attached hydrogen (secondary N) is 1. The third kappa shape index (κ3) is 3.23. The molecule has 0 aromatic heterocycles. The zero-order valence-corrected chi connectivity index (χ0v) is 17.5. The first-order valence-corrected chi connectivity index (χ1v) is 11.4. The van der Waals surface area contributed by atoms with Gasteiger partial charge in [0, 0.05) is 18.2 Å². The second-order valence-corrected chi connectivity index (χ2v) is 9.20. The number of hydrogen-bond donors (Lipinski definition) is 1. The molecule has 2 fully saturated rings. The van der Waals surface area contributed by atoms with E-state index in [0.29, 0.717) is 12.1 Å². The molecule has 0 unspecified atom stereocenters. The maximum atomic E-state index is 13.7. The van der Waals surface area contributed by atoms with E-state index in [1.165, 1.54) is 12.8 Å². The Kier molecular flexibility index (Phi) is 5.10. The molecule has 0 bridgehead atoms. The first-order valence-electron chi connectivity index (χ1n) is 11.4. The van der Waals surface area contributed by atoms with Crippen LogP contribution in [0, 0.1) is 0 Å². The second kappa shape index (κ2) is 7.90. The number of carbonyl (C=O) groups excluding carboxylic acids is 2. The van der Waals surface area contributed by atoms with Crippen LogP contribution >= 0.6 is 0 Å². The van der Waals surface area contributed by atoms with Crippen molar-refractivity contribution in [3.05, 3.63) is 71.3 Å². The third-order valence-electron chi connectivity index (χ3n) is 7.44. The molecule has 4 heteroatoms. The molecule has 0 saturated heterocycles. The summed E-state index contributed by atoms with van der Waals surface area (Å²) in [5.41, 5.74) is 2.30. The zero-order valence-electron chi connectivity index (χ0n) is 17.5. The predicted octanol–water partition coefficient (Wildman–Crippen LogP) is 4.80. The number of hydrogen-bond acceptors (Lipinski definition) is 2. The normalized spacial score (nSPS) is 23.0. The lowest BCUT2D eigenvalue weighted by molar-refractivity contribution is -0.127. The molecule has 4 nitrogen and oxygen atoms in total. The van der Waals surface area contributed by atoms with Gasteiger partial charge in [0.05, 0.1) is 11.5 Å². The van der Waals surface area contributed by atoms with Gasteiger partial charge in [-0.2, -0.15) is 0 Å². The van der Waals surface area contributed by atoms with Gasteiger partial charge in [0.25, 0.3) is 5.91 Å². The Morgan fingerprint density at radius 3 is 2.33 bits per heavy atom. The number of carbonyl (C=O) groups is 2. The van der Waals surface area contributed by atoms with Crippen LogP contribution in [0.3, 0.4) is 0 Å². The summed E-state index contributed by atoms with van der Waals surface area (Å²) in [7, 11) is 0. The molecule has 1 heterocycles. The van der Waals surface area contributed by atoms with E-state index in [9.17, 15) is 9.59 Å². The van der Waals surface area contributed by atoms with Gasteiger partial charge in [-0.25, -0.2) is 0 Å². The summed E-state index contributed by atoms with van der Waals surface area (Å²) in [4.78, 5) is 29.5. The summed E-state index contributed by atoms with van der Waals surface area (Å²) in [6.07, 6.45) is 8.43. The smallest absolute Gasteiger partial charge is 0.254 e. The topological polar surface area (TPSA) is 49.4 Å². The molecule has 1 spiro atoms. The molecule has 0 radical (unpaired) electrons. The minimum absolute atomic E-state index is 0.0706. The molecule has 156 valence electrons. The fourth-order valence-electron chi connectivity index (χ4n) is 6.02. The Bertz CT molecular complexity index is 927. The van der Waals surface area contributed by atoms with Crippen molar-refractivity contribution in [3.8, 4) is 0 Å². The average Bonchev–Trinajstić information content (AvgIpc) is 3.45. The molecule has 2 saturated carbocycles. The van der Waals surface area contributed by atoms with Gasteiger partial charge in [-0.05, 0) is 42.9 Å². The minimum atomic E-state index is -0.427. The summed E-state index contributed by atoms with van der Waals surface area (Å²) >= 11 is 0. The lowest BCUT2D eigenvalue weighted by Gasteiger charge is -2.50. The standard InChI is InChI=1S/C26H30N2O2/c29-24(27-20-12-4-5-13-20)23-21-14-6-7-15-22(21)25(30)28(26(23)16-8-9-17-26)18-19-10-2-1-3-11-19/h1-3,6-7,10-11,14-15,20,23H,4-5,8-9,12-13,16-18H2,(H,27,29)/t23-/m0/s1. The van der Waals surface area contributed by atoms with Crippen molar-refractivity contribution in [1.29, 1.82) is 0 Å². The highest BCUT2D eigenvalue weighted by Crippen LogP contribution is 2.51. The van der Waals surface area contributed by atoms with Crippen molar-refractivity contribution in [2.45, 2.75) is 75.4 Å². The van der Waals surface area contributed by atoms with E-state index in [1.807, 2.05) is 47.4 Å². The zero-order chi connectivity index (χ0) is 20.6. The molecule has 1 N–H and O–H groups in total. The second-order valence-electron chi connectivity index (χ2n) is 9.20. The molecule has 2 amide bonds. The number of rotatable bonds is 4. The van der Waals surface area contributed by atoms with Gasteiger partial charge < -0.3 is 10.2 Å². The predicted molar refractivity (Wildman–Crippen MR) is 117 cm³/mol. The Hall–Kier alpha value is -2.62. The van der Waals surface area contributed by atoms with E-state index in [2.05, 4.69) is 17.4 Å². The quantitative estimate of drug-likeness (QED) is 0.799. The van der Waals surface area contributed by atoms with E-state index in [0.717, 1.165) is 49.7 Å². The van der Waals surface area contributed by atoms with Crippen LogP contribution in [0.1, 0.15) is 78.8 Å². The van der Waals surface area contributed by atoms with Gasteiger partial charge in [0.1, 0.15) is 0 Å². The van der Waals surface area contributed by atoms with Crippen molar-refractivity contribution in [1.82, 2.24) is 10.2 Å². The van der Waals surface area contributed by atoms with Crippen LogP contribution < -0.4 is 5.32 Å². The molecule has 3 aliphatic rings. The summed E-state index contributed by atoms with van der Waals surface area (Å²) in [5.74, 6) is -0.110. The molecule has 2 aliphatic carbocycles. The number of amides is 2. The highest BCUT2D eigenvalue weighted by atomic mass is 16.2. The first-order chi connectivity index (χ1) is 14.7. The van der Waals surface area contributed by atoms with Gasteiger partial charge in [-0.3, -0.25) is 9.59 Å². The number of benzene rings is 2. The number of fused-ring (bicyclic) bond motifs is 1. The Labute approximate surface area is 178 Å². The lowest BCUT2D eigenvalue weighted by atomic mass is 9.70. The summed E-state index contributed by atoms with van der Waals surface area (Å²) < 4.78 is 0. The fraction of sp³-hybridized carbons (Fsp3) is 0.462. The maximum absolute atomic E-state index is 13.7. The largest absolute Gasteiger partial charge is 0.353 e. The highest BCUT2D eigenvalue weighted by Gasteiger charge is 2.55. The van der Waals surface area contributed by atoms with Crippen LogP contribution in [0.4, 0.5) is 0 Å². The van der Waals surface area contributed by atoms with Crippen LogP contribution in [0.25, 0.3) is 0 Å². The lowest BCUT2D eigenvalue weighted by Crippen LogP contribution is -2.60. The molecule has 1 aliphatic heterocycles. The SMILES string of the molecule is O=C(NC1CCCC1)[C@@H]1c2ccccc2C(=O)N(Cc2ccccc2)C12CCCC2. The summed E-state index contributed by atoms with van der Waals surface area (Å²) in [5, 5.41) is 3.36. The van der Waals surface area contributed by atoms with Crippen LogP contribution in [0.5, 0.6) is 0 Å². The van der Waals surface area contributed by atoms with Gasteiger partial charge in [0.2, 0.25) is 5.91 Å². The van der Waals surface area contributed by atoms with Crippen molar-refractivity contribution in [2.24, 2.45) is 0 Å². The van der Waals surface area contributed by atoms with E-state index < -0.39 is 5.54 Å². The van der Waals surface area contributed by atoms with E-state index in [4.69, 9.17) is 0 Å². The first kappa shape index (κ1) is 19.3. The van der Waals surface area contributed by atoms with Crippen molar-refractivity contribution in [3.63, 3.8) is 0 Å². The number of nitrogens with zero attached hydrogens (tertiary/aromatic N) is 1. The summed E-state index contributed by atoms with van der Waals surface area (Å²) in [6, 6.07) is 18.2. The van der Waals surface area contributed by atoms with Crippen molar-refractivity contribution >= 4 is 11.8 Å². The van der Waals surface area contributed by atoms with Crippen molar-refractivity contribution in [2.75, 3.05) is 0 Å². The van der Waals surface area contributed by atoms with E-state index in [1.54, 1.807) is 0 Å². The van der Waals surface area contributed by atoms with Crippen LogP contribution in [-0.4, -0.2) is 28.3 Å². The van der Waals surface area contributed by atoms with Gasteiger partial charge in [-0.1, -0.05) is 74.2 Å². The molecular weight excluding hydrogens is 372 g/mol. The Balaban J connectivity index is 1.58. The molecule has 2 aromatic rings. The van der Waals surface area contributed by atoms with Gasteiger partial charge >= 0.3 is 0 Å².